The normalized spacial score (nSPS) is 11.4. The Labute approximate surface area is 159 Å². The number of non-ortho nitro benzene ring substituents is 1. The number of hydrogen-bond donors (Lipinski definition) is 1. The summed E-state index contributed by atoms with van der Waals surface area (Å²) < 4.78 is 6.83. The second kappa shape index (κ2) is 5.86. The summed E-state index contributed by atoms with van der Waals surface area (Å²) in [6.07, 6.45) is 0. The van der Waals surface area contributed by atoms with E-state index in [1.807, 2.05) is 24.3 Å². The van der Waals surface area contributed by atoms with E-state index in [4.69, 9.17) is 10.2 Å². The van der Waals surface area contributed by atoms with Crippen LogP contribution >= 0.6 is 22.7 Å². The number of hydrogen-bond acceptors (Lipinski definition) is 8. The number of thiazole rings is 1. The molecule has 0 bridgehead atoms. The molecule has 9 heteroatoms. The number of nitro groups is 1. The summed E-state index contributed by atoms with van der Waals surface area (Å²) in [6, 6.07) is 14.0. The van der Waals surface area contributed by atoms with E-state index in [1.165, 1.54) is 34.8 Å². The van der Waals surface area contributed by atoms with Crippen LogP contribution in [0.2, 0.25) is 0 Å². The molecule has 27 heavy (non-hydrogen) atoms. The summed E-state index contributed by atoms with van der Waals surface area (Å²) in [5, 5.41) is 11.4. The van der Waals surface area contributed by atoms with Gasteiger partial charge in [-0.3, -0.25) is 10.1 Å². The topological polar surface area (TPSA) is 108 Å². The SMILES string of the molecule is Nc1nc2c(-c3nc4ccccc4o3)sc(-c3ccc([N+](=O)[O-])cc3)c2s1. The van der Waals surface area contributed by atoms with Crippen molar-refractivity contribution in [2.24, 2.45) is 0 Å². The third kappa shape index (κ3) is 2.56. The third-order valence-corrected chi connectivity index (χ3v) is 6.34. The highest BCUT2D eigenvalue weighted by Gasteiger charge is 2.22. The molecule has 7 nitrogen and oxygen atoms in total. The van der Waals surface area contributed by atoms with Crippen LogP contribution in [0.3, 0.4) is 0 Å². The highest BCUT2D eigenvalue weighted by molar-refractivity contribution is 7.29. The van der Waals surface area contributed by atoms with Crippen molar-refractivity contribution in [1.82, 2.24) is 9.97 Å². The summed E-state index contributed by atoms with van der Waals surface area (Å²) in [5.74, 6) is 0.490. The smallest absolute Gasteiger partial charge is 0.269 e. The summed E-state index contributed by atoms with van der Waals surface area (Å²) in [4.78, 5) is 21.2. The van der Waals surface area contributed by atoms with Gasteiger partial charge < -0.3 is 10.2 Å². The number of aromatic nitrogens is 2. The van der Waals surface area contributed by atoms with Crippen molar-refractivity contribution < 1.29 is 9.34 Å². The predicted molar refractivity (Wildman–Crippen MR) is 107 cm³/mol. The molecular weight excluding hydrogens is 384 g/mol. The van der Waals surface area contributed by atoms with E-state index in [2.05, 4.69) is 9.97 Å². The molecule has 5 aromatic rings. The van der Waals surface area contributed by atoms with Crippen molar-refractivity contribution in [3.05, 3.63) is 58.6 Å². The summed E-state index contributed by atoms with van der Waals surface area (Å²) >= 11 is 2.87. The standard InChI is InChI=1S/C18H10N4O3S2/c19-18-21-13-15(27-18)14(9-5-7-10(8-6-9)22(23)24)26-16(13)17-20-11-3-1-2-4-12(11)25-17/h1-8H,(H2,19,21). The lowest BCUT2D eigenvalue weighted by atomic mass is 10.1. The zero-order chi connectivity index (χ0) is 18.5. The minimum Gasteiger partial charge on any atom is -0.435 e. The van der Waals surface area contributed by atoms with Crippen LogP contribution in [0.5, 0.6) is 0 Å². The summed E-state index contributed by atoms with van der Waals surface area (Å²) in [6.45, 7) is 0. The van der Waals surface area contributed by atoms with Gasteiger partial charge in [-0.05, 0) is 29.8 Å². The first-order valence-corrected chi connectivity index (χ1v) is 9.53. The van der Waals surface area contributed by atoms with Crippen LogP contribution in [0.1, 0.15) is 0 Å². The molecule has 132 valence electrons. The van der Waals surface area contributed by atoms with Crippen molar-refractivity contribution >= 4 is 54.8 Å². The molecule has 0 radical (unpaired) electrons. The fourth-order valence-electron chi connectivity index (χ4n) is 2.88. The molecule has 3 heterocycles. The van der Waals surface area contributed by atoms with Gasteiger partial charge in [0.2, 0.25) is 5.89 Å². The number of nitro benzene ring substituents is 1. The minimum absolute atomic E-state index is 0.0505. The van der Waals surface area contributed by atoms with Crippen molar-refractivity contribution in [1.29, 1.82) is 0 Å². The lowest BCUT2D eigenvalue weighted by molar-refractivity contribution is -0.384. The monoisotopic (exact) mass is 394 g/mol. The first-order chi connectivity index (χ1) is 13.1. The minimum atomic E-state index is -0.414. The Kier molecular flexibility index (Phi) is 3.46. The van der Waals surface area contributed by atoms with Crippen LogP contribution < -0.4 is 5.73 Å². The fourth-order valence-corrected chi connectivity index (χ4v) is 5.06. The van der Waals surface area contributed by atoms with Gasteiger partial charge in [0.05, 0.1) is 14.5 Å². The third-order valence-electron chi connectivity index (χ3n) is 4.10. The highest BCUT2D eigenvalue weighted by Crippen LogP contribution is 2.47. The Morgan fingerprint density at radius 3 is 2.52 bits per heavy atom. The number of benzene rings is 2. The van der Waals surface area contributed by atoms with Crippen LogP contribution in [0.15, 0.2) is 52.9 Å². The second-order valence-electron chi connectivity index (χ2n) is 5.78. The molecule has 5 rings (SSSR count). The lowest BCUT2D eigenvalue weighted by Crippen LogP contribution is -1.86. The maximum atomic E-state index is 10.9. The van der Waals surface area contributed by atoms with E-state index in [0.29, 0.717) is 16.6 Å². The molecule has 3 aromatic heterocycles. The van der Waals surface area contributed by atoms with Gasteiger partial charge in [-0.25, -0.2) is 9.97 Å². The van der Waals surface area contributed by atoms with Gasteiger partial charge in [0.1, 0.15) is 15.9 Å². The van der Waals surface area contributed by atoms with Gasteiger partial charge in [-0.2, -0.15) is 0 Å². The molecule has 0 saturated carbocycles. The van der Waals surface area contributed by atoms with Crippen LogP contribution in [0.25, 0.3) is 42.5 Å². The molecule has 0 amide bonds. The second-order valence-corrected chi connectivity index (χ2v) is 7.83. The summed E-state index contributed by atoms with van der Waals surface area (Å²) in [5.41, 5.74) is 9.07. The molecule has 0 aliphatic carbocycles. The van der Waals surface area contributed by atoms with Crippen LogP contribution in [-0.4, -0.2) is 14.9 Å². The van der Waals surface area contributed by atoms with E-state index >= 15 is 0 Å². The Bertz CT molecular complexity index is 1280. The fraction of sp³-hybridized carbons (Fsp3) is 0. The van der Waals surface area contributed by atoms with Gasteiger partial charge in [-0.15, -0.1) is 11.3 Å². The van der Waals surface area contributed by atoms with Gasteiger partial charge in [0, 0.05) is 12.1 Å². The van der Waals surface area contributed by atoms with Crippen molar-refractivity contribution in [3.8, 4) is 21.2 Å². The number of para-hydroxylation sites is 2. The molecule has 0 saturated heterocycles. The molecule has 2 N–H and O–H groups in total. The average molecular weight is 394 g/mol. The molecule has 0 unspecified atom stereocenters. The molecule has 2 aromatic carbocycles. The Hall–Kier alpha value is -3.30. The number of nitrogen functional groups attached to an aromatic ring is 1. The van der Waals surface area contributed by atoms with E-state index in [0.717, 1.165) is 31.1 Å². The number of anilines is 1. The lowest BCUT2D eigenvalue weighted by Gasteiger charge is -1.97. The number of rotatable bonds is 3. The zero-order valence-corrected chi connectivity index (χ0v) is 15.2. The van der Waals surface area contributed by atoms with Gasteiger partial charge >= 0.3 is 0 Å². The number of oxazole rings is 1. The average Bonchev–Trinajstić information content (AvgIpc) is 3.34. The van der Waals surface area contributed by atoms with E-state index in [9.17, 15) is 10.1 Å². The molecule has 0 fully saturated rings. The largest absolute Gasteiger partial charge is 0.435 e. The van der Waals surface area contributed by atoms with Crippen LogP contribution in [-0.2, 0) is 0 Å². The number of nitrogens with two attached hydrogens (primary N) is 1. The number of nitrogens with zero attached hydrogens (tertiary/aromatic N) is 3. The van der Waals surface area contributed by atoms with Gasteiger partial charge in [0.25, 0.3) is 5.69 Å². The first-order valence-electron chi connectivity index (χ1n) is 7.90. The summed E-state index contributed by atoms with van der Waals surface area (Å²) in [7, 11) is 0. The van der Waals surface area contributed by atoms with Crippen molar-refractivity contribution in [2.75, 3.05) is 5.73 Å². The van der Waals surface area contributed by atoms with E-state index < -0.39 is 4.92 Å². The molecular formula is C18H10N4O3S2. The maximum Gasteiger partial charge on any atom is 0.269 e. The quantitative estimate of drug-likeness (QED) is 0.327. The van der Waals surface area contributed by atoms with E-state index in [1.54, 1.807) is 12.1 Å². The molecule has 0 spiro atoms. The molecule has 0 atom stereocenters. The van der Waals surface area contributed by atoms with Crippen LogP contribution in [0, 0.1) is 10.1 Å². The Morgan fingerprint density at radius 1 is 1.00 bits per heavy atom. The molecule has 0 aliphatic heterocycles. The number of thiophene rings is 1. The van der Waals surface area contributed by atoms with Crippen molar-refractivity contribution in [3.63, 3.8) is 0 Å². The Morgan fingerprint density at radius 2 is 1.78 bits per heavy atom. The van der Waals surface area contributed by atoms with Gasteiger partial charge in [-0.1, -0.05) is 23.5 Å². The predicted octanol–water partition coefficient (Wildman–Crippen LogP) is 5.32. The van der Waals surface area contributed by atoms with Crippen molar-refractivity contribution in [2.45, 2.75) is 0 Å². The highest BCUT2D eigenvalue weighted by atomic mass is 32.1. The van der Waals surface area contributed by atoms with E-state index in [-0.39, 0.29) is 5.69 Å². The first kappa shape index (κ1) is 15.9. The number of fused-ring (bicyclic) bond motifs is 2. The maximum absolute atomic E-state index is 10.9. The van der Waals surface area contributed by atoms with Gasteiger partial charge in [0.15, 0.2) is 10.7 Å². The Balaban J connectivity index is 1.71. The van der Waals surface area contributed by atoms with Crippen LogP contribution in [0.4, 0.5) is 10.8 Å². The molecule has 0 aliphatic rings. The zero-order valence-electron chi connectivity index (χ0n) is 13.6.